The molecule has 0 unspecified atom stereocenters. The van der Waals surface area contributed by atoms with Crippen molar-refractivity contribution in [2.75, 3.05) is 11.9 Å². The lowest BCUT2D eigenvalue weighted by atomic mass is 10.2. The fourth-order valence-electron chi connectivity index (χ4n) is 1.62. The number of anilines is 1. The molecule has 2 rings (SSSR count). The average molecular weight is 306 g/mol. The van der Waals surface area contributed by atoms with Gasteiger partial charge in [0.05, 0.1) is 16.3 Å². The molecule has 6 heteroatoms. The SMILES string of the molecule is O=C(COc1cccc(C(=O)O)c1)Nc1ccccc1Cl. The molecular weight excluding hydrogens is 294 g/mol. The zero-order chi connectivity index (χ0) is 15.2. The second kappa shape index (κ2) is 6.76. The summed E-state index contributed by atoms with van der Waals surface area (Å²) in [5, 5.41) is 11.9. The molecule has 0 saturated carbocycles. The number of carboxylic acids is 1. The standard InChI is InChI=1S/C15H12ClNO4/c16-12-6-1-2-7-13(12)17-14(18)9-21-11-5-3-4-10(8-11)15(19)20/h1-8H,9H2,(H,17,18)(H,19,20). The van der Waals surface area contributed by atoms with Crippen molar-refractivity contribution >= 4 is 29.2 Å². The largest absolute Gasteiger partial charge is 0.484 e. The minimum Gasteiger partial charge on any atom is -0.484 e. The maximum absolute atomic E-state index is 11.7. The van der Waals surface area contributed by atoms with Gasteiger partial charge in [-0.2, -0.15) is 0 Å². The molecule has 0 fully saturated rings. The van der Waals surface area contributed by atoms with Crippen LogP contribution in [0, 0.1) is 0 Å². The van der Waals surface area contributed by atoms with Gasteiger partial charge < -0.3 is 15.2 Å². The molecule has 2 aromatic carbocycles. The lowest BCUT2D eigenvalue weighted by molar-refractivity contribution is -0.118. The van der Waals surface area contributed by atoms with Crippen molar-refractivity contribution in [3.05, 3.63) is 59.1 Å². The minimum atomic E-state index is -1.05. The zero-order valence-corrected chi connectivity index (χ0v) is 11.6. The molecule has 0 aliphatic rings. The number of carboxylic acid groups (broad SMARTS) is 1. The summed E-state index contributed by atoms with van der Waals surface area (Å²) in [4.78, 5) is 22.6. The van der Waals surface area contributed by atoms with Crippen LogP contribution in [0.4, 0.5) is 5.69 Å². The Hall–Kier alpha value is -2.53. The van der Waals surface area contributed by atoms with Gasteiger partial charge in [-0.15, -0.1) is 0 Å². The number of nitrogens with one attached hydrogen (secondary N) is 1. The van der Waals surface area contributed by atoms with Crippen LogP contribution < -0.4 is 10.1 Å². The third kappa shape index (κ3) is 4.22. The van der Waals surface area contributed by atoms with Gasteiger partial charge in [0.25, 0.3) is 5.91 Å². The Morgan fingerprint density at radius 1 is 1.14 bits per heavy atom. The number of hydrogen-bond donors (Lipinski definition) is 2. The molecule has 21 heavy (non-hydrogen) atoms. The third-order valence-electron chi connectivity index (χ3n) is 2.60. The molecule has 0 radical (unpaired) electrons. The first kappa shape index (κ1) is 14.9. The predicted octanol–water partition coefficient (Wildman–Crippen LogP) is 3.06. The number of rotatable bonds is 5. The van der Waals surface area contributed by atoms with Crippen LogP contribution in [0.15, 0.2) is 48.5 Å². The number of hydrogen-bond acceptors (Lipinski definition) is 3. The summed E-state index contributed by atoms with van der Waals surface area (Å²) in [5.74, 6) is -1.13. The van der Waals surface area contributed by atoms with Crippen LogP contribution in [0.5, 0.6) is 5.75 Å². The van der Waals surface area contributed by atoms with Crippen molar-refractivity contribution in [3.63, 3.8) is 0 Å². The van der Waals surface area contributed by atoms with Crippen LogP contribution in [0.3, 0.4) is 0 Å². The number of carbonyl (C=O) groups excluding carboxylic acids is 1. The summed E-state index contributed by atoms with van der Waals surface area (Å²) in [7, 11) is 0. The van der Waals surface area contributed by atoms with Gasteiger partial charge in [-0.25, -0.2) is 4.79 Å². The summed E-state index contributed by atoms with van der Waals surface area (Å²) in [5.41, 5.74) is 0.589. The first-order chi connectivity index (χ1) is 10.1. The Morgan fingerprint density at radius 3 is 2.62 bits per heavy atom. The molecule has 2 aromatic rings. The number of aromatic carboxylic acids is 1. The Bertz CT molecular complexity index is 672. The summed E-state index contributed by atoms with van der Waals surface area (Å²) in [6, 6.07) is 12.8. The third-order valence-corrected chi connectivity index (χ3v) is 2.93. The van der Waals surface area contributed by atoms with Gasteiger partial charge in [-0.3, -0.25) is 4.79 Å². The normalized spacial score (nSPS) is 9.95. The molecule has 0 aliphatic heterocycles. The number of amides is 1. The van der Waals surface area contributed by atoms with E-state index in [0.29, 0.717) is 16.5 Å². The Labute approximate surface area is 126 Å². The van der Waals surface area contributed by atoms with E-state index in [-0.39, 0.29) is 18.1 Å². The number of carbonyl (C=O) groups is 2. The fraction of sp³-hybridized carbons (Fsp3) is 0.0667. The lowest BCUT2D eigenvalue weighted by Gasteiger charge is -2.09. The van der Waals surface area contributed by atoms with E-state index in [1.807, 2.05) is 0 Å². The summed E-state index contributed by atoms with van der Waals surface area (Å²) >= 11 is 5.92. The molecule has 1 amide bonds. The molecule has 0 atom stereocenters. The molecule has 108 valence electrons. The van der Waals surface area contributed by atoms with Gasteiger partial charge in [0.15, 0.2) is 6.61 Å². The molecule has 2 N–H and O–H groups in total. The summed E-state index contributed by atoms with van der Waals surface area (Å²) in [6.45, 7) is -0.242. The smallest absolute Gasteiger partial charge is 0.335 e. The zero-order valence-electron chi connectivity index (χ0n) is 10.9. The highest BCUT2D eigenvalue weighted by molar-refractivity contribution is 6.33. The Balaban J connectivity index is 1.94. The predicted molar refractivity (Wildman–Crippen MR) is 79.0 cm³/mol. The number of halogens is 1. The van der Waals surface area contributed by atoms with Crippen molar-refractivity contribution < 1.29 is 19.4 Å². The van der Waals surface area contributed by atoms with E-state index in [1.165, 1.54) is 12.1 Å². The van der Waals surface area contributed by atoms with Gasteiger partial charge in [-0.1, -0.05) is 29.8 Å². The van der Waals surface area contributed by atoms with Crippen molar-refractivity contribution in [1.29, 1.82) is 0 Å². The molecule has 5 nitrogen and oxygen atoms in total. The van der Waals surface area contributed by atoms with Crippen LogP contribution in [-0.4, -0.2) is 23.6 Å². The molecule has 0 saturated heterocycles. The highest BCUT2D eigenvalue weighted by atomic mass is 35.5. The highest BCUT2D eigenvalue weighted by Gasteiger charge is 2.08. The number of para-hydroxylation sites is 1. The Kier molecular flexibility index (Phi) is 4.79. The van der Waals surface area contributed by atoms with E-state index in [0.717, 1.165) is 0 Å². The topological polar surface area (TPSA) is 75.6 Å². The van der Waals surface area contributed by atoms with Gasteiger partial charge in [0.1, 0.15) is 5.75 Å². The van der Waals surface area contributed by atoms with Crippen LogP contribution in [0.25, 0.3) is 0 Å². The first-order valence-corrected chi connectivity index (χ1v) is 6.44. The maximum Gasteiger partial charge on any atom is 0.335 e. The maximum atomic E-state index is 11.7. The molecule has 0 heterocycles. The van der Waals surface area contributed by atoms with Gasteiger partial charge in [-0.05, 0) is 30.3 Å². The second-order valence-electron chi connectivity index (χ2n) is 4.15. The van der Waals surface area contributed by atoms with E-state index >= 15 is 0 Å². The van der Waals surface area contributed by atoms with Crippen LogP contribution >= 0.6 is 11.6 Å². The number of ether oxygens (including phenoxy) is 1. The lowest BCUT2D eigenvalue weighted by Crippen LogP contribution is -2.20. The Morgan fingerprint density at radius 2 is 1.90 bits per heavy atom. The van der Waals surface area contributed by atoms with Crippen LogP contribution in [0.2, 0.25) is 5.02 Å². The van der Waals surface area contributed by atoms with Gasteiger partial charge in [0, 0.05) is 0 Å². The fourth-order valence-corrected chi connectivity index (χ4v) is 1.80. The monoisotopic (exact) mass is 305 g/mol. The van der Waals surface area contributed by atoms with Crippen molar-refractivity contribution in [2.24, 2.45) is 0 Å². The average Bonchev–Trinajstić information content (AvgIpc) is 2.48. The first-order valence-electron chi connectivity index (χ1n) is 6.07. The summed E-state index contributed by atoms with van der Waals surface area (Å²) < 4.78 is 5.25. The van der Waals surface area contributed by atoms with Gasteiger partial charge in [0.2, 0.25) is 0 Å². The van der Waals surface area contributed by atoms with Crippen LogP contribution in [-0.2, 0) is 4.79 Å². The van der Waals surface area contributed by atoms with E-state index in [9.17, 15) is 9.59 Å². The molecular formula is C15H12ClNO4. The molecule has 0 aromatic heterocycles. The highest BCUT2D eigenvalue weighted by Crippen LogP contribution is 2.20. The van der Waals surface area contributed by atoms with Crippen molar-refractivity contribution in [3.8, 4) is 5.75 Å². The van der Waals surface area contributed by atoms with E-state index in [1.54, 1.807) is 36.4 Å². The summed E-state index contributed by atoms with van der Waals surface area (Å²) in [6.07, 6.45) is 0. The number of benzene rings is 2. The van der Waals surface area contributed by atoms with Crippen LogP contribution in [0.1, 0.15) is 10.4 Å². The van der Waals surface area contributed by atoms with Crippen molar-refractivity contribution in [1.82, 2.24) is 0 Å². The van der Waals surface area contributed by atoms with Gasteiger partial charge >= 0.3 is 5.97 Å². The quantitative estimate of drug-likeness (QED) is 0.890. The van der Waals surface area contributed by atoms with E-state index in [4.69, 9.17) is 21.4 Å². The second-order valence-corrected chi connectivity index (χ2v) is 4.56. The molecule has 0 spiro atoms. The van der Waals surface area contributed by atoms with E-state index < -0.39 is 5.97 Å². The molecule has 0 bridgehead atoms. The van der Waals surface area contributed by atoms with Crippen molar-refractivity contribution in [2.45, 2.75) is 0 Å². The van der Waals surface area contributed by atoms with E-state index in [2.05, 4.69) is 5.32 Å². The minimum absolute atomic E-state index is 0.0963. The molecule has 0 aliphatic carbocycles.